The number of anilines is 1. The number of carbonyl (C=O) groups is 1. The Morgan fingerprint density at radius 2 is 2.04 bits per heavy atom. The summed E-state index contributed by atoms with van der Waals surface area (Å²) < 4.78 is 32.9. The molecule has 0 saturated heterocycles. The fraction of sp³-hybridized carbons (Fsp3) is 0.200. The van der Waals surface area contributed by atoms with Crippen LogP contribution in [0.2, 0.25) is 0 Å². The van der Waals surface area contributed by atoms with Crippen LogP contribution in [0, 0.1) is 17.6 Å². The molecule has 2 aromatic carbocycles. The second kappa shape index (κ2) is 6.83. The van der Waals surface area contributed by atoms with Crippen molar-refractivity contribution in [2.45, 2.75) is 12.8 Å². The molecule has 1 heterocycles. The number of benzene rings is 2. The Morgan fingerprint density at radius 3 is 2.74 bits per heavy atom. The quantitative estimate of drug-likeness (QED) is 0.702. The fourth-order valence-corrected chi connectivity index (χ4v) is 2.82. The van der Waals surface area contributed by atoms with Gasteiger partial charge in [-0.3, -0.25) is 9.89 Å². The highest BCUT2D eigenvalue weighted by molar-refractivity contribution is 5.98. The number of ether oxygens (including phenoxy) is 1. The van der Waals surface area contributed by atoms with Crippen molar-refractivity contribution in [3.63, 3.8) is 0 Å². The predicted molar refractivity (Wildman–Crippen MR) is 99.3 cm³/mol. The molecule has 1 aromatic heterocycles. The van der Waals surface area contributed by atoms with E-state index in [0.717, 1.165) is 12.8 Å². The lowest BCUT2D eigenvalue weighted by Gasteiger charge is -2.06. The molecule has 5 nitrogen and oxygen atoms in total. The molecule has 1 amide bonds. The Kier molecular flexibility index (Phi) is 4.35. The number of H-pyrrole nitrogens is 1. The Hall–Kier alpha value is -3.22. The Bertz CT molecular complexity index is 1050. The van der Waals surface area contributed by atoms with E-state index in [1.54, 1.807) is 30.4 Å². The molecule has 0 bridgehead atoms. The van der Waals surface area contributed by atoms with Crippen LogP contribution in [0.15, 0.2) is 30.3 Å². The number of hydrogen-bond donors (Lipinski definition) is 2. The first-order valence-corrected chi connectivity index (χ1v) is 8.55. The molecule has 1 saturated carbocycles. The van der Waals surface area contributed by atoms with Crippen LogP contribution < -0.4 is 10.1 Å². The van der Waals surface area contributed by atoms with Gasteiger partial charge in [-0.25, -0.2) is 8.78 Å². The van der Waals surface area contributed by atoms with Crippen LogP contribution >= 0.6 is 0 Å². The smallest absolute Gasteiger partial charge is 0.227 e. The summed E-state index contributed by atoms with van der Waals surface area (Å²) in [5.74, 6) is -0.994. The maximum Gasteiger partial charge on any atom is 0.227 e. The van der Waals surface area contributed by atoms with Gasteiger partial charge in [0.25, 0.3) is 0 Å². The minimum absolute atomic E-state index is 0.0196. The maximum atomic E-state index is 14.2. The monoisotopic (exact) mass is 369 g/mol. The van der Waals surface area contributed by atoms with Crippen LogP contribution in [0.4, 0.5) is 14.5 Å². The number of nitrogens with zero attached hydrogens (tertiary/aromatic N) is 1. The highest BCUT2D eigenvalue weighted by atomic mass is 19.1. The summed E-state index contributed by atoms with van der Waals surface area (Å²) in [5, 5.41) is 10.2. The first kappa shape index (κ1) is 17.2. The van der Waals surface area contributed by atoms with E-state index in [0.29, 0.717) is 22.2 Å². The van der Waals surface area contributed by atoms with Crippen molar-refractivity contribution in [2.24, 2.45) is 5.92 Å². The van der Waals surface area contributed by atoms with Gasteiger partial charge in [-0.05, 0) is 42.7 Å². The number of nitrogens with one attached hydrogen (secondary N) is 2. The second-order valence-electron chi connectivity index (χ2n) is 6.48. The zero-order valence-corrected chi connectivity index (χ0v) is 14.6. The number of rotatable bonds is 5. The normalized spacial score (nSPS) is 14.0. The molecule has 4 rings (SSSR count). The third kappa shape index (κ3) is 3.53. The Morgan fingerprint density at radius 1 is 1.22 bits per heavy atom. The van der Waals surface area contributed by atoms with E-state index in [-0.39, 0.29) is 23.3 Å². The summed E-state index contributed by atoms with van der Waals surface area (Å²) in [6, 6.07) is 7.47. The summed E-state index contributed by atoms with van der Waals surface area (Å²) >= 11 is 0. The van der Waals surface area contributed by atoms with Crippen LogP contribution in [-0.4, -0.2) is 23.2 Å². The number of carbonyl (C=O) groups excluding carboxylic acids is 1. The summed E-state index contributed by atoms with van der Waals surface area (Å²) in [4.78, 5) is 11.9. The van der Waals surface area contributed by atoms with E-state index < -0.39 is 11.6 Å². The van der Waals surface area contributed by atoms with Gasteiger partial charge in [0.1, 0.15) is 5.82 Å². The van der Waals surface area contributed by atoms with Crippen LogP contribution in [0.1, 0.15) is 24.1 Å². The number of hydrogen-bond acceptors (Lipinski definition) is 3. The number of fused-ring (bicyclic) bond motifs is 1. The van der Waals surface area contributed by atoms with E-state index in [9.17, 15) is 13.6 Å². The van der Waals surface area contributed by atoms with Gasteiger partial charge < -0.3 is 10.1 Å². The molecule has 138 valence electrons. The Balaban J connectivity index is 1.63. The highest BCUT2D eigenvalue weighted by Gasteiger charge is 2.30. The SMILES string of the molecule is COc1ccc(/C=C/c2n[nH]c3cc(F)c(NC(=O)C4CC4)cc23)cc1F. The first-order chi connectivity index (χ1) is 13.0. The molecule has 2 N–H and O–H groups in total. The molecule has 7 heteroatoms. The van der Waals surface area contributed by atoms with E-state index in [4.69, 9.17) is 4.74 Å². The summed E-state index contributed by atoms with van der Waals surface area (Å²) in [5.41, 5.74) is 1.83. The molecule has 27 heavy (non-hydrogen) atoms. The Labute approximate surface area is 154 Å². The van der Waals surface area contributed by atoms with E-state index >= 15 is 0 Å². The zero-order chi connectivity index (χ0) is 19.0. The molecule has 0 radical (unpaired) electrons. The van der Waals surface area contributed by atoms with Gasteiger partial charge in [-0.15, -0.1) is 0 Å². The van der Waals surface area contributed by atoms with Crippen LogP contribution in [-0.2, 0) is 4.79 Å². The lowest BCUT2D eigenvalue weighted by molar-refractivity contribution is -0.117. The van der Waals surface area contributed by atoms with Gasteiger partial charge in [0, 0.05) is 17.4 Å². The molecule has 1 aliphatic rings. The van der Waals surface area contributed by atoms with E-state index in [2.05, 4.69) is 15.5 Å². The fourth-order valence-electron chi connectivity index (χ4n) is 2.82. The zero-order valence-electron chi connectivity index (χ0n) is 14.6. The standard InChI is InChI=1S/C20H17F2N3O2/c1-27-19-7-3-11(8-15(19)22)2-6-16-13-9-18(23-20(26)12-4-5-12)14(21)10-17(13)25-24-16/h2-3,6-10,12H,4-5H2,1H3,(H,23,26)(H,24,25)/b6-2+. The number of amides is 1. The van der Waals surface area contributed by atoms with Gasteiger partial charge in [-0.1, -0.05) is 12.1 Å². The minimum Gasteiger partial charge on any atom is -0.494 e. The van der Waals surface area contributed by atoms with E-state index in [1.807, 2.05) is 0 Å². The van der Waals surface area contributed by atoms with Crippen molar-refractivity contribution < 1.29 is 18.3 Å². The van der Waals surface area contributed by atoms with Gasteiger partial charge >= 0.3 is 0 Å². The molecule has 3 aromatic rings. The number of aromatic nitrogens is 2. The van der Waals surface area contributed by atoms with Crippen molar-refractivity contribution in [1.82, 2.24) is 10.2 Å². The van der Waals surface area contributed by atoms with Crippen molar-refractivity contribution in [3.8, 4) is 5.75 Å². The molecular formula is C20H17F2N3O2. The number of halogens is 2. The predicted octanol–water partition coefficient (Wildman–Crippen LogP) is 4.37. The third-order valence-electron chi connectivity index (χ3n) is 4.50. The average molecular weight is 369 g/mol. The summed E-state index contributed by atoms with van der Waals surface area (Å²) in [6.45, 7) is 0. The molecule has 0 unspecified atom stereocenters. The van der Waals surface area contributed by atoms with Crippen LogP contribution in [0.3, 0.4) is 0 Å². The van der Waals surface area contributed by atoms with Gasteiger partial charge in [-0.2, -0.15) is 5.10 Å². The largest absolute Gasteiger partial charge is 0.494 e. The molecule has 1 fully saturated rings. The van der Waals surface area contributed by atoms with Crippen LogP contribution in [0.25, 0.3) is 23.1 Å². The van der Waals surface area contributed by atoms with Gasteiger partial charge in [0.05, 0.1) is 24.0 Å². The van der Waals surface area contributed by atoms with Gasteiger partial charge in [0.2, 0.25) is 5.91 Å². The number of aromatic amines is 1. The van der Waals surface area contributed by atoms with Gasteiger partial charge in [0.15, 0.2) is 11.6 Å². The molecule has 0 aliphatic heterocycles. The lowest BCUT2D eigenvalue weighted by Crippen LogP contribution is -2.14. The topological polar surface area (TPSA) is 67.0 Å². The highest BCUT2D eigenvalue weighted by Crippen LogP contribution is 2.32. The molecular weight excluding hydrogens is 352 g/mol. The summed E-state index contributed by atoms with van der Waals surface area (Å²) in [6.07, 6.45) is 5.08. The lowest BCUT2D eigenvalue weighted by atomic mass is 10.1. The average Bonchev–Trinajstić information content (AvgIpc) is 3.43. The molecule has 1 aliphatic carbocycles. The van der Waals surface area contributed by atoms with Crippen molar-refractivity contribution in [2.75, 3.05) is 12.4 Å². The van der Waals surface area contributed by atoms with Crippen LogP contribution in [0.5, 0.6) is 5.75 Å². The second-order valence-corrected chi connectivity index (χ2v) is 6.48. The molecule has 0 atom stereocenters. The first-order valence-electron chi connectivity index (χ1n) is 8.55. The summed E-state index contributed by atoms with van der Waals surface area (Å²) in [7, 11) is 1.41. The van der Waals surface area contributed by atoms with E-state index in [1.165, 1.54) is 19.2 Å². The third-order valence-corrected chi connectivity index (χ3v) is 4.50. The maximum absolute atomic E-state index is 14.2. The number of methoxy groups -OCH3 is 1. The van der Waals surface area contributed by atoms with Crippen molar-refractivity contribution in [3.05, 3.63) is 53.2 Å². The molecule has 0 spiro atoms. The van der Waals surface area contributed by atoms with Crippen molar-refractivity contribution >= 4 is 34.6 Å². The minimum atomic E-state index is -0.520. The van der Waals surface area contributed by atoms with Crippen molar-refractivity contribution in [1.29, 1.82) is 0 Å².